The topological polar surface area (TPSA) is 80.0 Å². The Morgan fingerprint density at radius 3 is 3.17 bits per heavy atom. The van der Waals surface area contributed by atoms with E-state index in [1.807, 2.05) is 0 Å². The molecule has 0 aromatic carbocycles. The maximum Gasteiger partial charge on any atom is 0.250 e. The van der Waals surface area contributed by atoms with Crippen molar-refractivity contribution in [3.63, 3.8) is 0 Å². The van der Waals surface area contributed by atoms with E-state index in [0.717, 1.165) is 11.5 Å². The molecule has 12 heavy (non-hydrogen) atoms. The quantitative estimate of drug-likeness (QED) is 0.544. The molecule has 2 rings (SSSR count). The Morgan fingerprint density at radius 1 is 1.58 bits per heavy atom. The van der Waals surface area contributed by atoms with Crippen LogP contribution in [-0.2, 0) is 0 Å². The molecule has 1 amide bonds. The van der Waals surface area contributed by atoms with Gasteiger partial charge in [0.25, 0.3) is 0 Å². The lowest BCUT2D eigenvalue weighted by molar-refractivity contribution is 0.1000. The minimum absolute atomic E-state index is 0.421. The zero-order valence-electron chi connectivity index (χ0n) is 6.29. The fourth-order valence-corrected chi connectivity index (χ4v) is 1.10. The van der Waals surface area contributed by atoms with Gasteiger partial charge in [0, 0.05) is 6.20 Å². The lowest BCUT2D eigenvalue weighted by Crippen LogP contribution is -2.11. The number of nitrogens with zero attached hydrogens (tertiary/aromatic N) is 1. The van der Waals surface area contributed by atoms with Gasteiger partial charge in [0.15, 0.2) is 5.82 Å². The predicted molar refractivity (Wildman–Crippen MR) is 44.9 cm³/mol. The molecule has 2 heterocycles. The molecule has 0 aliphatic carbocycles. The smallest absolute Gasteiger partial charge is 0.250 e. The van der Waals surface area contributed by atoms with Crippen LogP contribution < -0.4 is 16.4 Å². The molecule has 62 valence electrons. The number of anilines is 2. The molecule has 0 saturated carbocycles. The molecule has 0 atom stereocenters. The SMILES string of the molecule is NC(=O)c1cnc2c(c1)NCN2. The number of nitrogens with two attached hydrogens (primary N) is 1. The first-order chi connectivity index (χ1) is 5.77. The fourth-order valence-electron chi connectivity index (χ4n) is 1.10. The first-order valence-corrected chi connectivity index (χ1v) is 3.55. The van der Waals surface area contributed by atoms with Gasteiger partial charge in [-0.05, 0) is 6.07 Å². The number of fused-ring (bicyclic) bond motifs is 1. The summed E-state index contributed by atoms with van der Waals surface area (Å²) in [7, 11) is 0. The van der Waals surface area contributed by atoms with Crippen LogP contribution in [0.5, 0.6) is 0 Å². The summed E-state index contributed by atoms with van der Waals surface area (Å²) >= 11 is 0. The molecule has 0 bridgehead atoms. The summed E-state index contributed by atoms with van der Waals surface area (Å²) in [6, 6.07) is 1.69. The Hall–Kier alpha value is -1.78. The fraction of sp³-hybridized carbons (Fsp3) is 0.143. The number of hydrogen-bond acceptors (Lipinski definition) is 4. The van der Waals surface area contributed by atoms with Crippen molar-refractivity contribution in [1.29, 1.82) is 0 Å². The van der Waals surface area contributed by atoms with Gasteiger partial charge in [-0.25, -0.2) is 4.98 Å². The molecule has 1 aliphatic heterocycles. The molecule has 5 heteroatoms. The Morgan fingerprint density at radius 2 is 2.42 bits per heavy atom. The van der Waals surface area contributed by atoms with Gasteiger partial charge in [-0.3, -0.25) is 4.79 Å². The standard InChI is InChI=1S/C7H8N4O/c8-6(12)4-1-5-7(9-2-4)11-3-10-5/h1-2,10H,3H2,(H2,8,12)(H,9,11). The zero-order chi connectivity index (χ0) is 8.55. The molecule has 0 spiro atoms. The normalized spacial score (nSPS) is 13.0. The van der Waals surface area contributed by atoms with Crippen LogP contribution in [0.4, 0.5) is 11.5 Å². The van der Waals surface area contributed by atoms with E-state index in [2.05, 4.69) is 15.6 Å². The average Bonchev–Trinajstić information content (AvgIpc) is 2.49. The number of carbonyl (C=O) groups excluding carboxylic acids is 1. The minimum atomic E-state index is -0.459. The summed E-state index contributed by atoms with van der Waals surface area (Å²) in [5.41, 5.74) is 6.33. The maximum absolute atomic E-state index is 10.7. The van der Waals surface area contributed by atoms with Crippen molar-refractivity contribution >= 4 is 17.4 Å². The number of pyridine rings is 1. The maximum atomic E-state index is 10.7. The van der Waals surface area contributed by atoms with E-state index in [4.69, 9.17) is 5.73 Å². The van der Waals surface area contributed by atoms with Gasteiger partial charge in [-0.15, -0.1) is 0 Å². The van der Waals surface area contributed by atoms with Gasteiger partial charge in [0.1, 0.15) is 0 Å². The lowest BCUT2D eigenvalue weighted by atomic mass is 10.2. The van der Waals surface area contributed by atoms with Crippen molar-refractivity contribution in [3.05, 3.63) is 17.8 Å². The number of aromatic nitrogens is 1. The van der Waals surface area contributed by atoms with Crippen molar-refractivity contribution < 1.29 is 4.79 Å². The van der Waals surface area contributed by atoms with E-state index in [-0.39, 0.29) is 0 Å². The Kier molecular flexibility index (Phi) is 1.36. The van der Waals surface area contributed by atoms with Gasteiger partial charge < -0.3 is 16.4 Å². The largest absolute Gasteiger partial charge is 0.366 e. The van der Waals surface area contributed by atoms with Crippen LogP contribution in [0.3, 0.4) is 0 Å². The molecule has 0 unspecified atom stereocenters. The second-order valence-electron chi connectivity index (χ2n) is 2.51. The monoisotopic (exact) mass is 164 g/mol. The summed E-state index contributed by atoms with van der Waals surface area (Å²) in [5.74, 6) is 0.305. The highest BCUT2D eigenvalue weighted by molar-refractivity contribution is 5.94. The van der Waals surface area contributed by atoms with Crippen LogP contribution in [0, 0.1) is 0 Å². The van der Waals surface area contributed by atoms with Crippen LogP contribution in [0.15, 0.2) is 12.3 Å². The van der Waals surface area contributed by atoms with Gasteiger partial charge in [-0.2, -0.15) is 0 Å². The highest BCUT2D eigenvalue weighted by atomic mass is 16.1. The van der Waals surface area contributed by atoms with Crippen LogP contribution in [0.2, 0.25) is 0 Å². The molecule has 0 fully saturated rings. The average molecular weight is 164 g/mol. The predicted octanol–water partition coefficient (Wildman–Crippen LogP) is -0.0246. The molecule has 5 nitrogen and oxygen atoms in total. The van der Waals surface area contributed by atoms with E-state index < -0.39 is 5.91 Å². The zero-order valence-corrected chi connectivity index (χ0v) is 6.29. The number of amides is 1. The van der Waals surface area contributed by atoms with E-state index in [9.17, 15) is 4.79 Å². The molecule has 0 radical (unpaired) electrons. The molecule has 1 aromatic rings. The molecule has 1 aliphatic rings. The number of nitrogens with one attached hydrogen (secondary N) is 2. The van der Waals surface area contributed by atoms with Crippen molar-refractivity contribution in [2.24, 2.45) is 5.73 Å². The highest BCUT2D eigenvalue weighted by Gasteiger charge is 2.11. The number of primary amides is 1. The van der Waals surface area contributed by atoms with Gasteiger partial charge in [0.2, 0.25) is 5.91 Å². The number of rotatable bonds is 1. The molecular weight excluding hydrogens is 156 g/mol. The Labute approximate surface area is 69.0 Å². The third kappa shape index (κ3) is 0.952. The van der Waals surface area contributed by atoms with Crippen LogP contribution in [0.25, 0.3) is 0 Å². The molecule has 4 N–H and O–H groups in total. The van der Waals surface area contributed by atoms with Crippen molar-refractivity contribution in [3.8, 4) is 0 Å². The van der Waals surface area contributed by atoms with E-state index >= 15 is 0 Å². The number of carbonyl (C=O) groups is 1. The second-order valence-corrected chi connectivity index (χ2v) is 2.51. The first-order valence-electron chi connectivity index (χ1n) is 3.55. The summed E-state index contributed by atoms with van der Waals surface area (Å²) in [6.45, 7) is 0.643. The highest BCUT2D eigenvalue weighted by Crippen LogP contribution is 2.23. The van der Waals surface area contributed by atoms with Gasteiger partial charge in [0.05, 0.1) is 17.9 Å². The molecule has 0 saturated heterocycles. The Bertz CT molecular complexity index is 336. The van der Waals surface area contributed by atoms with Crippen molar-refractivity contribution in [1.82, 2.24) is 4.98 Å². The third-order valence-corrected chi connectivity index (χ3v) is 1.71. The van der Waals surface area contributed by atoms with Crippen LogP contribution >= 0.6 is 0 Å². The van der Waals surface area contributed by atoms with Crippen LogP contribution in [-0.4, -0.2) is 17.6 Å². The minimum Gasteiger partial charge on any atom is -0.366 e. The van der Waals surface area contributed by atoms with Gasteiger partial charge in [-0.1, -0.05) is 0 Å². The van der Waals surface area contributed by atoms with E-state index in [0.29, 0.717) is 12.2 Å². The number of hydrogen-bond donors (Lipinski definition) is 3. The van der Waals surface area contributed by atoms with Crippen molar-refractivity contribution in [2.75, 3.05) is 17.3 Å². The summed E-state index contributed by atoms with van der Waals surface area (Å²) in [4.78, 5) is 14.7. The molecular formula is C7H8N4O. The van der Waals surface area contributed by atoms with E-state index in [1.54, 1.807) is 6.07 Å². The van der Waals surface area contributed by atoms with Crippen molar-refractivity contribution in [2.45, 2.75) is 0 Å². The van der Waals surface area contributed by atoms with Gasteiger partial charge >= 0.3 is 0 Å². The Balaban J connectivity index is 2.45. The van der Waals surface area contributed by atoms with E-state index in [1.165, 1.54) is 6.20 Å². The lowest BCUT2D eigenvalue weighted by Gasteiger charge is -1.98. The van der Waals surface area contributed by atoms with Crippen LogP contribution in [0.1, 0.15) is 10.4 Å². The second kappa shape index (κ2) is 2.37. The summed E-state index contributed by atoms with van der Waals surface area (Å²) < 4.78 is 0. The third-order valence-electron chi connectivity index (χ3n) is 1.71. The first kappa shape index (κ1) is 6.90. The molecule has 1 aromatic heterocycles. The summed E-state index contributed by atoms with van der Waals surface area (Å²) in [5, 5.41) is 6.01. The summed E-state index contributed by atoms with van der Waals surface area (Å²) in [6.07, 6.45) is 1.46.